The monoisotopic (exact) mass is 283 g/mol. The number of ketones is 1. The summed E-state index contributed by atoms with van der Waals surface area (Å²) in [4.78, 5) is 12.6. The van der Waals surface area contributed by atoms with Crippen LogP contribution in [0.4, 0.5) is 0 Å². The fraction of sp³-hybridized carbons (Fsp3) is 0.933. The van der Waals surface area contributed by atoms with Gasteiger partial charge >= 0.3 is 0 Å². The number of hydrogen-bond donors (Lipinski definition) is 1. The summed E-state index contributed by atoms with van der Waals surface area (Å²) < 4.78 is 6.00. The molecule has 2 N–H and O–H groups in total. The molecule has 1 spiro atoms. The maximum Gasteiger partial charge on any atom is 0.138 e. The van der Waals surface area contributed by atoms with Crippen molar-refractivity contribution in [3.05, 3.63) is 0 Å². The standard InChI is InChI=1S/C15H25NO2S/c16-14(4-1-2-5-14)10-13(17)12-3-7-18-15(9-12)6-8-19-11-15/h12H,1-11,16H2. The average Bonchev–Trinajstić information content (AvgIpc) is 3.00. The molecule has 4 heteroatoms. The first-order valence-corrected chi connectivity index (χ1v) is 8.80. The summed E-state index contributed by atoms with van der Waals surface area (Å²) in [5, 5.41) is 0. The highest BCUT2D eigenvalue weighted by Crippen LogP contribution is 2.41. The molecule has 0 bridgehead atoms. The Morgan fingerprint density at radius 3 is 2.79 bits per heavy atom. The topological polar surface area (TPSA) is 52.3 Å². The summed E-state index contributed by atoms with van der Waals surface area (Å²) in [6, 6.07) is 0. The van der Waals surface area contributed by atoms with Crippen LogP contribution in [0.2, 0.25) is 0 Å². The molecule has 0 aromatic carbocycles. The fourth-order valence-corrected chi connectivity index (χ4v) is 5.29. The molecular weight excluding hydrogens is 258 g/mol. The first-order chi connectivity index (χ1) is 9.11. The maximum absolute atomic E-state index is 12.6. The summed E-state index contributed by atoms with van der Waals surface area (Å²) >= 11 is 1.96. The first kappa shape index (κ1) is 13.9. The van der Waals surface area contributed by atoms with Crippen molar-refractivity contribution in [3.63, 3.8) is 0 Å². The third-order valence-corrected chi connectivity index (χ3v) is 6.36. The Balaban J connectivity index is 1.60. The quantitative estimate of drug-likeness (QED) is 0.864. The van der Waals surface area contributed by atoms with Crippen molar-refractivity contribution < 1.29 is 9.53 Å². The van der Waals surface area contributed by atoms with Gasteiger partial charge in [-0.15, -0.1) is 0 Å². The molecule has 3 fully saturated rings. The van der Waals surface area contributed by atoms with E-state index >= 15 is 0 Å². The summed E-state index contributed by atoms with van der Waals surface area (Å²) in [5.41, 5.74) is 6.18. The second-order valence-corrected chi connectivity index (χ2v) is 7.84. The zero-order valence-corrected chi connectivity index (χ0v) is 12.5. The minimum Gasteiger partial charge on any atom is -0.374 e. The van der Waals surface area contributed by atoms with Crippen molar-refractivity contribution in [2.45, 2.75) is 62.5 Å². The highest BCUT2D eigenvalue weighted by molar-refractivity contribution is 7.99. The van der Waals surface area contributed by atoms with Gasteiger partial charge < -0.3 is 10.5 Å². The fourth-order valence-electron chi connectivity index (χ4n) is 3.91. The molecule has 3 rings (SSSR count). The largest absolute Gasteiger partial charge is 0.374 e. The van der Waals surface area contributed by atoms with Gasteiger partial charge in [-0.25, -0.2) is 0 Å². The van der Waals surface area contributed by atoms with Crippen molar-refractivity contribution in [3.8, 4) is 0 Å². The van der Waals surface area contributed by atoms with E-state index in [-0.39, 0.29) is 17.1 Å². The third kappa shape index (κ3) is 3.01. The highest BCUT2D eigenvalue weighted by Gasteiger charge is 2.43. The van der Waals surface area contributed by atoms with Crippen LogP contribution in [0.15, 0.2) is 0 Å². The third-order valence-electron chi connectivity index (χ3n) is 5.14. The minimum atomic E-state index is -0.188. The number of thioether (sulfide) groups is 1. The zero-order valence-electron chi connectivity index (χ0n) is 11.7. The zero-order chi connectivity index (χ0) is 13.3. The van der Waals surface area contributed by atoms with Gasteiger partial charge in [0, 0.05) is 30.2 Å². The van der Waals surface area contributed by atoms with Gasteiger partial charge in [0.05, 0.1) is 5.60 Å². The Bertz CT molecular complexity index is 346. The minimum absolute atomic E-state index is 0.0146. The van der Waals surface area contributed by atoms with Crippen LogP contribution in [0.5, 0.6) is 0 Å². The van der Waals surface area contributed by atoms with Gasteiger partial charge in [-0.05, 0) is 37.9 Å². The molecule has 0 aromatic rings. The average molecular weight is 283 g/mol. The number of hydrogen-bond acceptors (Lipinski definition) is 4. The predicted molar refractivity (Wildman–Crippen MR) is 78.4 cm³/mol. The molecule has 2 saturated heterocycles. The Morgan fingerprint density at radius 2 is 2.11 bits per heavy atom. The van der Waals surface area contributed by atoms with Crippen molar-refractivity contribution in [2.75, 3.05) is 18.1 Å². The number of carbonyl (C=O) groups excluding carboxylic acids is 1. The predicted octanol–water partition coefficient (Wildman–Crippen LogP) is 2.52. The molecule has 3 aliphatic rings. The number of ether oxygens (including phenoxy) is 1. The van der Waals surface area contributed by atoms with Gasteiger partial charge in [-0.3, -0.25) is 4.79 Å². The second kappa shape index (κ2) is 5.38. The smallest absolute Gasteiger partial charge is 0.138 e. The van der Waals surface area contributed by atoms with Crippen molar-refractivity contribution in [1.82, 2.24) is 0 Å². The van der Waals surface area contributed by atoms with Crippen LogP contribution in [-0.4, -0.2) is 35.0 Å². The molecule has 0 amide bonds. The van der Waals surface area contributed by atoms with Gasteiger partial charge in [0.25, 0.3) is 0 Å². The molecule has 2 unspecified atom stereocenters. The SMILES string of the molecule is NC1(CC(=O)C2CCOC3(CCSC3)C2)CCCC1. The second-order valence-electron chi connectivity index (χ2n) is 6.74. The molecule has 0 radical (unpaired) electrons. The molecule has 2 atom stereocenters. The van der Waals surface area contributed by atoms with E-state index in [9.17, 15) is 4.79 Å². The Morgan fingerprint density at radius 1 is 1.32 bits per heavy atom. The van der Waals surface area contributed by atoms with E-state index in [0.29, 0.717) is 12.2 Å². The number of carbonyl (C=O) groups is 1. The normalized spacial score (nSPS) is 37.8. The van der Waals surface area contributed by atoms with Gasteiger partial charge in [-0.2, -0.15) is 11.8 Å². The lowest BCUT2D eigenvalue weighted by atomic mass is 9.79. The molecular formula is C15H25NO2S. The van der Waals surface area contributed by atoms with Crippen LogP contribution in [-0.2, 0) is 9.53 Å². The van der Waals surface area contributed by atoms with Crippen LogP contribution in [0.1, 0.15) is 51.4 Å². The number of Topliss-reactive ketones (excluding diaryl/α,β-unsaturated/α-hetero) is 1. The van der Waals surface area contributed by atoms with Gasteiger partial charge in [0.1, 0.15) is 5.78 Å². The van der Waals surface area contributed by atoms with Gasteiger partial charge in [0.2, 0.25) is 0 Å². The van der Waals surface area contributed by atoms with Crippen molar-refractivity contribution in [1.29, 1.82) is 0 Å². The lowest BCUT2D eigenvalue weighted by Gasteiger charge is -2.38. The van der Waals surface area contributed by atoms with E-state index in [1.165, 1.54) is 18.6 Å². The molecule has 1 saturated carbocycles. The van der Waals surface area contributed by atoms with Crippen LogP contribution >= 0.6 is 11.8 Å². The van der Waals surface area contributed by atoms with E-state index in [0.717, 1.165) is 44.5 Å². The summed E-state index contributed by atoms with van der Waals surface area (Å²) in [7, 11) is 0. The van der Waals surface area contributed by atoms with E-state index < -0.39 is 0 Å². The highest BCUT2D eigenvalue weighted by atomic mass is 32.2. The van der Waals surface area contributed by atoms with E-state index in [1.807, 2.05) is 11.8 Å². The molecule has 2 heterocycles. The van der Waals surface area contributed by atoms with Crippen molar-refractivity contribution in [2.24, 2.45) is 11.7 Å². The summed E-state index contributed by atoms with van der Waals surface area (Å²) in [5.74, 6) is 2.86. The Hall–Kier alpha value is -0.0600. The Labute approximate surface area is 120 Å². The number of nitrogens with two attached hydrogens (primary N) is 1. The van der Waals surface area contributed by atoms with Crippen LogP contribution in [0.25, 0.3) is 0 Å². The molecule has 108 valence electrons. The molecule has 19 heavy (non-hydrogen) atoms. The summed E-state index contributed by atoms with van der Waals surface area (Å²) in [6.07, 6.45) is 8.01. The van der Waals surface area contributed by atoms with E-state index in [1.54, 1.807) is 0 Å². The maximum atomic E-state index is 12.6. The van der Waals surface area contributed by atoms with Crippen molar-refractivity contribution >= 4 is 17.5 Å². The van der Waals surface area contributed by atoms with E-state index in [4.69, 9.17) is 10.5 Å². The van der Waals surface area contributed by atoms with Crippen LogP contribution < -0.4 is 5.73 Å². The lowest BCUT2D eigenvalue weighted by molar-refractivity contribution is -0.135. The number of rotatable bonds is 3. The molecule has 0 aromatic heterocycles. The van der Waals surface area contributed by atoms with Crippen LogP contribution in [0, 0.1) is 5.92 Å². The van der Waals surface area contributed by atoms with Gasteiger partial charge in [-0.1, -0.05) is 12.8 Å². The lowest BCUT2D eigenvalue weighted by Crippen LogP contribution is -2.45. The summed E-state index contributed by atoms with van der Waals surface area (Å²) in [6.45, 7) is 0.758. The van der Waals surface area contributed by atoms with Gasteiger partial charge in [0.15, 0.2) is 0 Å². The first-order valence-electron chi connectivity index (χ1n) is 7.64. The van der Waals surface area contributed by atoms with Crippen LogP contribution in [0.3, 0.4) is 0 Å². The van der Waals surface area contributed by atoms with E-state index in [2.05, 4.69) is 0 Å². The molecule has 2 aliphatic heterocycles. The molecule has 1 aliphatic carbocycles. The Kier molecular flexibility index (Phi) is 3.93. The molecule has 3 nitrogen and oxygen atoms in total.